The van der Waals surface area contributed by atoms with Gasteiger partial charge in [0.25, 0.3) is 5.91 Å². The normalized spacial score (nSPS) is 27.1. The number of anilines is 1. The molecule has 1 amide bonds. The Kier molecular flexibility index (Phi) is 8.25. The van der Waals surface area contributed by atoms with Crippen molar-refractivity contribution in [3.63, 3.8) is 0 Å². The zero-order chi connectivity index (χ0) is 30.4. The van der Waals surface area contributed by atoms with Gasteiger partial charge in [-0.3, -0.25) is 9.69 Å². The number of benzene rings is 2. The molecule has 0 aromatic heterocycles. The van der Waals surface area contributed by atoms with Gasteiger partial charge in [0.2, 0.25) is 0 Å². The number of hydrogen-bond donors (Lipinski definition) is 1. The van der Waals surface area contributed by atoms with Crippen molar-refractivity contribution in [2.75, 3.05) is 44.8 Å². The molecule has 1 N–H and O–H groups in total. The van der Waals surface area contributed by atoms with E-state index >= 15 is 0 Å². The molecule has 3 aliphatic rings. The molecule has 2 aromatic rings. The highest BCUT2D eigenvalue weighted by Crippen LogP contribution is 2.38. The van der Waals surface area contributed by atoms with Gasteiger partial charge in [-0.2, -0.15) is 13.2 Å². The molecule has 42 heavy (non-hydrogen) atoms. The molecule has 2 aromatic carbocycles. The van der Waals surface area contributed by atoms with E-state index in [0.717, 1.165) is 12.1 Å². The Hall–Kier alpha value is -3.22. The molecule has 3 aliphatic heterocycles. The number of carboxylic acid groups (broad SMARTS) is 1. The van der Waals surface area contributed by atoms with E-state index < -0.39 is 35.2 Å². The Bertz CT molecular complexity index is 1340. The lowest BCUT2D eigenvalue weighted by Crippen LogP contribution is -2.60. The third-order valence-corrected chi connectivity index (χ3v) is 8.82. The molecule has 228 valence electrons. The van der Waals surface area contributed by atoms with Gasteiger partial charge in [0, 0.05) is 51.1 Å². The summed E-state index contributed by atoms with van der Waals surface area (Å²) in [5.74, 6) is -2.35. The second kappa shape index (κ2) is 11.5. The highest BCUT2D eigenvalue weighted by atomic mass is 19.4. The molecule has 0 saturated carbocycles. The summed E-state index contributed by atoms with van der Waals surface area (Å²) in [6.45, 7) is 6.34. The Morgan fingerprint density at radius 2 is 1.88 bits per heavy atom. The maximum absolute atomic E-state index is 13.9. The number of rotatable bonds is 5. The van der Waals surface area contributed by atoms with Gasteiger partial charge in [-0.25, -0.2) is 9.18 Å². The molecule has 0 radical (unpaired) electrons. The Morgan fingerprint density at radius 1 is 1.12 bits per heavy atom. The number of alkyl halides is 3. The Balaban J connectivity index is 1.21. The van der Waals surface area contributed by atoms with Crippen molar-refractivity contribution in [2.45, 2.75) is 63.2 Å². The summed E-state index contributed by atoms with van der Waals surface area (Å²) in [4.78, 5) is 31.0. The zero-order valence-corrected chi connectivity index (χ0v) is 23.8. The van der Waals surface area contributed by atoms with Crippen LogP contribution < -0.4 is 4.90 Å². The molecule has 2 saturated heterocycles. The SMILES string of the molecule is COC1CN(C(=O)[C@@]2(C)CC[C@@H](N3CCN(c4ccc(F)c(C(=O)O)c4)[C@@H](C)C3)CO2)Cc2cc(C(F)(F)F)ccc21. The number of methoxy groups -OCH3 is 1. The number of amides is 1. The number of piperazine rings is 1. The van der Waals surface area contributed by atoms with Crippen LogP contribution >= 0.6 is 0 Å². The number of carbonyl (C=O) groups is 2. The summed E-state index contributed by atoms with van der Waals surface area (Å²) in [6, 6.07) is 7.79. The average molecular weight is 594 g/mol. The summed E-state index contributed by atoms with van der Waals surface area (Å²) in [7, 11) is 1.48. The fourth-order valence-electron chi connectivity index (χ4n) is 6.38. The second-order valence-electron chi connectivity index (χ2n) is 11.6. The van der Waals surface area contributed by atoms with Crippen LogP contribution in [0.1, 0.15) is 59.8 Å². The largest absolute Gasteiger partial charge is 0.478 e. The fourth-order valence-corrected chi connectivity index (χ4v) is 6.38. The summed E-state index contributed by atoms with van der Waals surface area (Å²) in [6.07, 6.45) is -3.87. The van der Waals surface area contributed by atoms with E-state index in [1.165, 1.54) is 30.2 Å². The number of carbonyl (C=O) groups excluding carboxylic acids is 1. The molecule has 5 rings (SSSR count). The Labute approximate surface area is 241 Å². The maximum atomic E-state index is 13.9. The predicted molar refractivity (Wildman–Crippen MR) is 146 cm³/mol. The molecular weight excluding hydrogens is 558 g/mol. The lowest BCUT2D eigenvalue weighted by atomic mass is 9.89. The van der Waals surface area contributed by atoms with Gasteiger partial charge in [0.1, 0.15) is 11.4 Å². The van der Waals surface area contributed by atoms with Crippen LogP contribution in [0.25, 0.3) is 0 Å². The topological polar surface area (TPSA) is 82.6 Å². The van der Waals surface area contributed by atoms with Gasteiger partial charge < -0.3 is 24.4 Å². The number of aromatic carboxylic acids is 1. The summed E-state index contributed by atoms with van der Waals surface area (Å²) in [5.41, 5.74) is -0.512. The van der Waals surface area contributed by atoms with E-state index in [0.29, 0.717) is 55.9 Å². The first-order chi connectivity index (χ1) is 19.8. The Morgan fingerprint density at radius 3 is 2.50 bits per heavy atom. The lowest BCUT2D eigenvalue weighted by molar-refractivity contribution is -0.170. The molecule has 4 atom stereocenters. The molecular formula is C30H35F4N3O5. The van der Waals surface area contributed by atoms with E-state index in [-0.39, 0.29) is 36.6 Å². The average Bonchev–Trinajstić information content (AvgIpc) is 2.96. The first kappa shape index (κ1) is 30.2. The van der Waals surface area contributed by atoms with Crippen LogP contribution in [-0.4, -0.2) is 84.4 Å². The van der Waals surface area contributed by atoms with Crippen LogP contribution in [0.2, 0.25) is 0 Å². The van der Waals surface area contributed by atoms with Crippen molar-refractivity contribution >= 4 is 17.6 Å². The number of fused-ring (bicyclic) bond motifs is 1. The smallest absolute Gasteiger partial charge is 0.416 e. The minimum absolute atomic E-state index is 0.0294. The quantitative estimate of drug-likeness (QED) is 0.503. The third kappa shape index (κ3) is 5.84. The van der Waals surface area contributed by atoms with Crippen molar-refractivity contribution in [3.05, 3.63) is 64.5 Å². The number of carboxylic acids is 1. The van der Waals surface area contributed by atoms with Crippen molar-refractivity contribution < 1.29 is 41.7 Å². The molecule has 8 nitrogen and oxygen atoms in total. The predicted octanol–water partition coefficient (Wildman–Crippen LogP) is 4.72. The minimum Gasteiger partial charge on any atom is -0.478 e. The summed E-state index contributed by atoms with van der Waals surface area (Å²) < 4.78 is 65.7. The number of hydrogen-bond acceptors (Lipinski definition) is 6. The van der Waals surface area contributed by atoms with Gasteiger partial charge >= 0.3 is 12.1 Å². The summed E-state index contributed by atoms with van der Waals surface area (Å²) >= 11 is 0. The van der Waals surface area contributed by atoms with Crippen LogP contribution in [0.3, 0.4) is 0 Å². The van der Waals surface area contributed by atoms with Gasteiger partial charge in [-0.1, -0.05) is 6.07 Å². The highest BCUT2D eigenvalue weighted by Gasteiger charge is 2.45. The monoisotopic (exact) mass is 593 g/mol. The van der Waals surface area contributed by atoms with Crippen LogP contribution in [-0.2, 0) is 27.0 Å². The van der Waals surface area contributed by atoms with Gasteiger partial charge in [-0.05, 0) is 68.1 Å². The molecule has 2 fully saturated rings. The van der Waals surface area contributed by atoms with Gasteiger partial charge in [0.15, 0.2) is 0 Å². The fraction of sp³-hybridized carbons (Fsp3) is 0.533. The van der Waals surface area contributed by atoms with Crippen molar-refractivity contribution in [1.29, 1.82) is 0 Å². The van der Waals surface area contributed by atoms with Crippen LogP contribution in [0, 0.1) is 5.82 Å². The summed E-state index contributed by atoms with van der Waals surface area (Å²) in [5, 5.41) is 9.29. The molecule has 12 heteroatoms. The standard InChI is InChI=1S/C30H35F4N3O5/c1-18-14-35(10-11-37(18)21-5-7-25(31)24(13-21)27(38)39)22-8-9-29(2,42-17-22)28(40)36-15-19-12-20(30(32,33)34)4-6-23(19)26(16-36)41-3/h4-7,12-13,18,22,26H,8-11,14-17H2,1-3H3,(H,38,39)/t18-,22+,26?,29+/m0/s1. The molecule has 0 bridgehead atoms. The van der Waals surface area contributed by atoms with E-state index in [1.54, 1.807) is 13.0 Å². The molecule has 0 spiro atoms. The molecule has 3 heterocycles. The van der Waals surface area contributed by atoms with Crippen molar-refractivity contribution in [3.8, 4) is 0 Å². The zero-order valence-electron chi connectivity index (χ0n) is 23.8. The van der Waals surface area contributed by atoms with Crippen LogP contribution in [0.4, 0.5) is 23.2 Å². The minimum atomic E-state index is -4.49. The van der Waals surface area contributed by atoms with Crippen molar-refractivity contribution in [1.82, 2.24) is 9.80 Å². The third-order valence-electron chi connectivity index (χ3n) is 8.82. The van der Waals surface area contributed by atoms with Gasteiger partial charge in [0.05, 0.1) is 30.4 Å². The van der Waals surface area contributed by atoms with E-state index in [2.05, 4.69) is 9.80 Å². The van der Waals surface area contributed by atoms with E-state index in [1.807, 2.05) is 6.92 Å². The van der Waals surface area contributed by atoms with E-state index in [9.17, 15) is 32.3 Å². The van der Waals surface area contributed by atoms with Crippen LogP contribution in [0.15, 0.2) is 36.4 Å². The second-order valence-corrected chi connectivity index (χ2v) is 11.6. The number of ether oxygens (including phenoxy) is 2. The maximum Gasteiger partial charge on any atom is 0.416 e. The van der Waals surface area contributed by atoms with E-state index in [4.69, 9.17) is 9.47 Å². The number of halogens is 4. The molecule has 0 aliphatic carbocycles. The van der Waals surface area contributed by atoms with Gasteiger partial charge in [-0.15, -0.1) is 0 Å². The first-order valence-corrected chi connectivity index (χ1v) is 14.0. The van der Waals surface area contributed by atoms with Crippen molar-refractivity contribution in [2.24, 2.45) is 0 Å². The first-order valence-electron chi connectivity index (χ1n) is 14.0. The molecule has 1 unspecified atom stereocenters. The lowest BCUT2D eigenvalue weighted by Gasteiger charge is -2.48. The number of nitrogens with zero attached hydrogens (tertiary/aromatic N) is 3. The van der Waals surface area contributed by atoms with Crippen LogP contribution in [0.5, 0.6) is 0 Å². The highest BCUT2D eigenvalue weighted by molar-refractivity contribution is 5.89.